The zero-order chi connectivity index (χ0) is 19.5. The monoisotopic (exact) mass is 383 g/mol. The van der Waals surface area contributed by atoms with Gasteiger partial charge in [0.15, 0.2) is 0 Å². The van der Waals surface area contributed by atoms with E-state index in [1.54, 1.807) is 19.2 Å². The lowest BCUT2D eigenvalue weighted by Crippen LogP contribution is -2.54. The van der Waals surface area contributed by atoms with Gasteiger partial charge < -0.3 is 9.64 Å². The fourth-order valence-corrected chi connectivity index (χ4v) is 5.16. The number of methoxy groups -OCH3 is 1. The van der Waals surface area contributed by atoms with E-state index < -0.39 is 10.0 Å². The summed E-state index contributed by atoms with van der Waals surface area (Å²) >= 11 is 0. The smallest absolute Gasteiger partial charge is 0.241 e. The highest BCUT2D eigenvalue weighted by atomic mass is 32.2. The molecule has 0 saturated carbocycles. The van der Waals surface area contributed by atoms with Gasteiger partial charge in [-0.1, -0.05) is 13.8 Å². The van der Waals surface area contributed by atoms with E-state index in [2.05, 4.69) is 35.4 Å². The molecule has 148 valence electrons. The number of ether oxygens (including phenoxy) is 1. The number of benzene rings is 1. The maximum atomic E-state index is 13.0. The number of hydrogen-bond acceptors (Lipinski definition) is 5. The number of likely N-dealkylation sites (N-methyl/N-ethyl adjacent to an activating group) is 1. The Morgan fingerprint density at radius 1 is 1.12 bits per heavy atom. The first kappa shape index (κ1) is 21.2. The molecule has 26 heavy (non-hydrogen) atoms. The van der Waals surface area contributed by atoms with Gasteiger partial charge in [-0.25, -0.2) is 13.1 Å². The van der Waals surface area contributed by atoms with Crippen molar-refractivity contribution in [1.82, 2.24) is 14.5 Å². The lowest BCUT2D eigenvalue weighted by Gasteiger charge is -2.39. The van der Waals surface area contributed by atoms with E-state index >= 15 is 0 Å². The molecule has 0 aliphatic carbocycles. The number of rotatable bonds is 7. The predicted octanol–water partition coefficient (Wildman–Crippen LogP) is 1.86. The maximum Gasteiger partial charge on any atom is 0.241 e. The lowest BCUT2D eigenvalue weighted by atomic mass is 10.0. The third-order valence-electron chi connectivity index (χ3n) is 5.20. The van der Waals surface area contributed by atoms with Gasteiger partial charge in [-0.2, -0.15) is 0 Å². The van der Waals surface area contributed by atoms with Crippen molar-refractivity contribution in [3.63, 3.8) is 0 Å². The number of piperazine rings is 1. The Bertz CT molecular complexity index is 688. The minimum absolute atomic E-state index is 0.192. The Hall–Kier alpha value is -1.15. The third kappa shape index (κ3) is 4.97. The molecule has 0 spiro atoms. The molecule has 7 heteroatoms. The van der Waals surface area contributed by atoms with Crippen LogP contribution in [-0.2, 0) is 10.0 Å². The Balaban J connectivity index is 2.15. The summed E-state index contributed by atoms with van der Waals surface area (Å²) < 4.78 is 34.0. The second kappa shape index (κ2) is 8.69. The van der Waals surface area contributed by atoms with Crippen molar-refractivity contribution in [2.45, 2.75) is 38.6 Å². The van der Waals surface area contributed by atoms with Crippen LogP contribution < -0.4 is 9.46 Å². The van der Waals surface area contributed by atoms with Crippen LogP contribution in [0.2, 0.25) is 0 Å². The van der Waals surface area contributed by atoms with Crippen LogP contribution in [0.5, 0.6) is 5.75 Å². The molecule has 1 aromatic carbocycles. The van der Waals surface area contributed by atoms with E-state index in [4.69, 9.17) is 4.74 Å². The normalized spacial score (nSPS) is 18.3. The molecule has 1 saturated heterocycles. The number of hydrogen-bond donors (Lipinski definition) is 1. The fraction of sp³-hybridized carbons (Fsp3) is 0.684. The van der Waals surface area contributed by atoms with Gasteiger partial charge in [0, 0.05) is 38.8 Å². The van der Waals surface area contributed by atoms with Gasteiger partial charge in [-0.3, -0.25) is 4.90 Å². The summed E-state index contributed by atoms with van der Waals surface area (Å²) in [5, 5.41) is 0. The van der Waals surface area contributed by atoms with Crippen LogP contribution in [0.25, 0.3) is 0 Å². The fourth-order valence-electron chi connectivity index (χ4n) is 3.66. The Morgan fingerprint density at radius 2 is 1.65 bits per heavy atom. The molecule has 1 aromatic rings. The molecule has 0 bridgehead atoms. The highest BCUT2D eigenvalue weighted by Gasteiger charge is 2.28. The van der Waals surface area contributed by atoms with Crippen molar-refractivity contribution >= 4 is 10.0 Å². The van der Waals surface area contributed by atoms with Crippen molar-refractivity contribution in [2.75, 3.05) is 46.9 Å². The highest BCUT2D eigenvalue weighted by molar-refractivity contribution is 7.89. The Kier molecular flexibility index (Phi) is 7.07. The van der Waals surface area contributed by atoms with Crippen LogP contribution in [0.15, 0.2) is 17.0 Å². The van der Waals surface area contributed by atoms with E-state index in [0.717, 1.165) is 26.2 Å². The van der Waals surface area contributed by atoms with Gasteiger partial charge in [0.1, 0.15) is 5.75 Å². The molecular weight excluding hydrogens is 350 g/mol. The summed E-state index contributed by atoms with van der Waals surface area (Å²) in [7, 11) is 0.145. The molecule has 1 fully saturated rings. The van der Waals surface area contributed by atoms with Gasteiger partial charge in [0.25, 0.3) is 0 Å². The molecule has 1 heterocycles. The quantitative estimate of drug-likeness (QED) is 0.779. The average molecular weight is 384 g/mol. The largest absolute Gasteiger partial charge is 0.497 e. The van der Waals surface area contributed by atoms with Crippen LogP contribution in [0.1, 0.15) is 25.0 Å². The predicted molar refractivity (Wildman–Crippen MR) is 105 cm³/mol. The molecule has 0 aromatic heterocycles. The Labute approximate surface area is 158 Å². The van der Waals surface area contributed by atoms with E-state index in [1.807, 2.05) is 13.8 Å². The van der Waals surface area contributed by atoms with Crippen LogP contribution in [0.3, 0.4) is 0 Å². The molecule has 6 nitrogen and oxygen atoms in total. The summed E-state index contributed by atoms with van der Waals surface area (Å²) in [5.41, 5.74) is 1.41. The first-order valence-electron chi connectivity index (χ1n) is 9.23. The molecule has 0 radical (unpaired) electrons. The second-order valence-electron chi connectivity index (χ2n) is 7.59. The van der Waals surface area contributed by atoms with E-state index in [1.165, 1.54) is 0 Å². The van der Waals surface area contributed by atoms with Gasteiger partial charge >= 0.3 is 0 Å². The second-order valence-corrected chi connectivity index (χ2v) is 9.30. The lowest BCUT2D eigenvalue weighted by molar-refractivity contribution is 0.0905. The molecular formula is C19H33N3O3S. The van der Waals surface area contributed by atoms with Crippen molar-refractivity contribution in [3.8, 4) is 5.75 Å². The number of nitrogens with zero attached hydrogens (tertiary/aromatic N) is 2. The molecule has 1 atom stereocenters. The summed E-state index contributed by atoms with van der Waals surface area (Å²) in [4.78, 5) is 5.07. The number of nitrogens with one attached hydrogen (secondary N) is 1. The van der Waals surface area contributed by atoms with E-state index in [0.29, 0.717) is 34.2 Å². The van der Waals surface area contributed by atoms with Gasteiger partial charge in [0.2, 0.25) is 10.0 Å². The van der Waals surface area contributed by atoms with Gasteiger partial charge in [-0.05, 0) is 50.1 Å². The van der Waals surface area contributed by atoms with Crippen molar-refractivity contribution in [2.24, 2.45) is 5.92 Å². The summed E-state index contributed by atoms with van der Waals surface area (Å²) in [6.45, 7) is 12.3. The number of aryl methyl sites for hydroxylation is 2. The molecule has 0 amide bonds. The van der Waals surface area contributed by atoms with Crippen molar-refractivity contribution in [1.29, 1.82) is 0 Å². The third-order valence-corrected chi connectivity index (χ3v) is 6.93. The molecule has 1 aliphatic heterocycles. The molecule has 2 rings (SSSR count). The highest BCUT2D eigenvalue weighted by Crippen LogP contribution is 2.25. The van der Waals surface area contributed by atoms with Crippen LogP contribution in [0.4, 0.5) is 0 Å². The SMILES string of the molecule is COc1cc(C)c(S(=O)(=O)NCC(C(C)C)N2CCN(C)CC2)c(C)c1. The van der Waals surface area contributed by atoms with Crippen molar-refractivity contribution in [3.05, 3.63) is 23.3 Å². The minimum atomic E-state index is -3.57. The minimum Gasteiger partial charge on any atom is -0.497 e. The van der Waals surface area contributed by atoms with E-state index in [9.17, 15) is 8.42 Å². The summed E-state index contributed by atoms with van der Waals surface area (Å²) in [6.07, 6.45) is 0. The van der Waals surface area contributed by atoms with Crippen LogP contribution in [0, 0.1) is 19.8 Å². The Morgan fingerprint density at radius 3 is 2.12 bits per heavy atom. The topological polar surface area (TPSA) is 61.9 Å². The summed E-state index contributed by atoms with van der Waals surface area (Å²) in [6, 6.07) is 3.72. The van der Waals surface area contributed by atoms with Crippen molar-refractivity contribution < 1.29 is 13.2 Å². The van der Waals surface area contributed by atoms with E-state index in [-0.39, 0.29) is 6.04 Å². The van der Waals surface area contributed by atoms with Gasteiger partial charge in [0.05, 0.1) is 12.0 Å². The first-order valence-corrected chi connectivity index (χ1v) is 10.7. The average Bonchev–Trinajstić information content (AvgIpc) is 2.55. The summed E-state index contributed by atoms with van der Waals surface area (Å²) in [5.74, 6) is 1.05. The standard InChI is InChI=1S/C19H33N3O3S/c1-14(2)18(22-9-7-21(5)8-10-22)13-20-26(23,24)19-15(3)11-17(25-6)12-16(19)4/h11-12,14,18,20H,7-10,13H2,1-6H3. The number of sulfonamides is 1. The molecule has 1 aliphatic rings. The van der Waals surface area contributed by atoms with Crippen LogP contribution in [-0.4, -0.2) is 71.1 Å². The first-order chi connectivity index (χ1) is 12.2. The zero-order valence-electron chi connectivity index (χ0n) is 16.9. The zero-order valence-corrected chi connectivity index (χ0v) is 17.7. The molecule has 1 N–H and O–H groups in total. The van der Waals surface area contributed by atoms with Gasteiger partial charge in [-0.15, -0.1) is 0 Å². The maximum absolute atomic E-state index is 13.0. The van der Waals surface area contributed by atoms with Crippen LogP contribution >= 0.6 is 0 Å². The molecule has 1 unspecified atom stereocenters.